The molecule has 69 valence electrons. The van der Waals surface area contributed by atoms with Gasteiger partial charge >= 0.3 is 0 Å². The van der Waals surface area contributed by atoms with Gasteiger partial charge in [-0.1, -0.05) is 36.4 Å². The molecule has 14 heavy (non-hydrogen) atoms. The lowest BCUT2D eigenvalue weighted by Gasteiger charge is -2.05. The van der Waals surface area contributed by atoms with E-state index in [0.29, 0.717) is 5.56 Å². The van der Waals surface area contributed by atoms with Crippen LogP contribution in [0.4, 0.5) is 4.39 Å². The first-order valence-corrected chi connectivity index (χ1v) is 4.51. The maximum Gasteiger partial charge on any atom is 0.131 e. The van der Waals surface area contributed by atoms with Crippen LogP contribution in [0, 0.1) is 18.8 Å². The summed E-state index contributed by atoms with van der Waals surface area (Å²) in [6, 6.07) is 15.5. The molecule has 0 atom stereocenters. The molecule has 1 heteroatoms. The van der Waals surface area contributed by atoms with Crippen molar-refractivity contribution in [3.63, 3.8) is 0 Å². The van der Waals surface area contributed by atoms with Gasteiger partial charge < -0.3 is 0 Å². The predicted molar refractivity (Wildman–Crippen MR) is 55.4 cm³/mol. The Bertz CT molecular complexity index is 403. The number of benzene rings is 2. The Hall–Kier alpha value is -1.63. The van der Waals surface area contributed by atoms with Crippen molar-refractivity contribution in [1.82, 2.24) is 0 Å². The lowest BCUT2D eigenvalue weighted by molar-refractivity contribution is 0.631. The topological polar surface area (TPSA) is 0 Å². The van der Waals surface area contributed by atoms with Gasteiger partial charge in [-0.2, -0.15) is 0 Å². The fourth-order valence-corrected chi connectivity index (χ4v) is 1.49. The van der Waals surface area contributed by atoms with Gasteiger partial charge in [0.05, 0.1) is 0 Å². The normalized spacial score (nSPS) is 10.1. The standard InChI is InChI=1S/C13H10F/c1-10-6-2-3-7-11(10)12-8-4-5-9-13(12)14/h2-5,7-9H,1H3. The van der Waals surface area contributed by atoms with Crippen molar-refractivity contribution in [2.45, 2.75) is 6.92 Å². The second-order valence-electron chi connectivity index (χ2n) is 3.19. The summed E-state index contributed by atoms with van der Waals surface area (Å²) >= 11 is 0. The Morgan fingerprint density at radius 1 is 1.00 bits per heavy atom. The molecule has 0 N–H and O–H groups in total. The van der Waals surface area contributed by atoms with Crippen LogP contribution in [0.25, 0.3) is 11.1 Å². The zero-order valence-corrected chi connectivity index (χ0v) is 7.92. The molecule has 0 unspecified atom stereocenters. The van der Waals surface area contributed by atoms with Gasteiger partial charge in [0.1, 0.15) is 5.82 Å². The van der Waals surface area contributed by atoms with E-state index in [9.17, 15) is 4.39 Å². The van der Waals surface area contributed by atoms with Crippen LogP contribution in [-0.2, 0) is 0 Å². The maximum atomic E-state index is 13.4. The molecule has 0 saturated heterocycles. The Balaban J connectivity index is 2.61. The molecule has 0 aliphatic heterocycles. The molecule has 0 bridgehead atoms. The number of halogens is 1. The Morgan fingerprint density at radius 2 is 1.71 bits per heavy atom. The van der Waals surface area contributed by atoms with Crippen molar-refractivity contribution in [1.29, 1.82) is 0 Å². The Morgan fingerprint density at radius 3 is 2.43 bits per heavy atom. The minimum Gasteiger partial charge on any atom is -0.206 e. The first-order chi connectivity index (χ1) is 6.79. The average molecular weight is 185 g/mol. The quantitative estimate of drug-likeness (QED) is 0.636. The summed E-state index contributed by atoms with van der Waals surface area (Å²) in [5.41, 5.74) is 2.52. The molecule has 0 nitrogen and oxygen atoms in total. The summed E-state index contributed by atoms with van der Waals surface area (Å²) in [5, 5.41) is 0. The predicted octanol–water partition coefficient (Wildman–Crippen LogP) is 3.60. The van der Waals surface area contributed by atoms with E-state index >= 15 is 0 Å². The van der Waals surface area contributed by atoms with Gasteiger partial charge in [-0.15, -0.1) is 0 Å². The SMILES string of the molecule is Cc1[c]cccc1-c1ccccc1F. The molecule has 2 aromatic rings. The van der Waals surface area contributed by atoms with Gasteiger partial charge in [-0.3, -0.25) is 0 Å². The molecular weight excluding hydrogens is 175 g/mol. The monoisotopic (exact) mass is 185 g/mol. The van der Waals surface area contributed by atoms with Crippen LogP contribution in [0.5, 0.6) is 0 Å². The van der Waals surface area contributed by atoms with E-state index in [1.165, 1.54) is 6.07 Å². The molecule has 0 aliphatic rings. The highest BCUT2D eigenvalue weighted by Gasteiger charge is 2.05. The van der Waals surface area contributed by atoms with E-state index < -0.39 is 0 Å². The van der Waals surface area contributed by atoms with Crippen molar-refractivity contribution in [2.24, 2.45) is 0 Å². The molecule has 0 fully saturated rings. The first-order valence-electron chi connectivity index (χ1n) is 4.51. The number of hydrogen-bond donors (Lipinski definition) is 0. The highest BCUT2D eigenvalue weighted by atomic mass is 19.1. The Labute approximate surface area is 83.0 Å². The van der Waals surface area contributed by atoms with Gasteiger partial charge in [-0.05, 0) is 30.2 Å². The summed E-state index contributed by atoms with van der Waals surface area (Å²) in [6.45, 7) is 1.93. The van der Waals surface area contributed by atoms with Crippen molar-refractivity contribution in [3.8, 4) is 11.1 Å². The molecule has 0 saturated carbocycles. The third-order valence-electron chi connectivity index (χ3n) is 2.23. The van der Waals surface area contributed by atoms with E-state index in [4.69, 9.17) is 0 Å². The molecule has 0 spiro atoms. The van der Waals surface area contributed by atoms with Crippen molar-refractivity contribution < 1.29 is 4.39 Å². The molecule has 0 aliphatic carbocycles. The van der Waals surface area contributed by atoms with Crippen LogP contribution in [0.2, 0.25) is 0 Å². The van der Waals surface area contributed by atoms with E-state index in [0.717, 1.165) is 11.1 Å². The molecule has 1 radical (unpaired) electrons. The van der Waals surface area contributed by atoms with E-state index in [2.05, 4.69) is 6.07 Å². The smallest absolute Gasteiger partial charge is 0.131 e. The lowest BCUT2D eigenvalue weighted by Crippen LogP contribution is -1.86. The van der Waals surface area contributed by atoms with Crippen LogP contribution in [-0.4, -0.2) is 0 Å². The van der Waals surface area contributed by atoms with Crippen LogP contribution in [0.1, 0.15) is 5.56 Å². The fourth-order valence-electron chi connectivity index (χ4n) is 1.49. The highest BCUT2D eigenvalue weighted by Crippen LogP contribution is 2.24. The summed E-state index contributed by atoms with van der Waals surface area (Å²) in [5.74, 6) is -0.185. The summed E-state index contributed by atoms with van der Waals surface area (Å²) < 4.78 is 13.4. The van der Waals surface area contributed by atoms with E-state index in [-0.39, 0.29) is 5.82 Å². The molecule has 0 aromatic heterocycles. The van der Waals surface area contributed by atoms with Crippen LogP contribution in [0.3, 0.4) is 0 Å². The number of rotatable bonds is 1. The largest absolute Gasteiger partial charge is 0.206 e. The highest BCUT2D eigenvalue weighted by molar-refractivity contribution is 5.67. The number of hydrogen-bond acceptors (Lipinski definition) is 0. The van der Waals surface area contributed by atoms with Gasteiger partial charge in [0.15, 0.2) is 0 Å². The molecule has 2 rings (SSSR count). The minimum atomic E-state index is -0.185. The lowest BCUT2D eigenvalue weighted by atomic mass is 10.0. The van der Waals surface area contributed by atoms with Crippen molar-refractivity contribution >= 4 is 0 Å². The number of aryl methyl sites for hydroxylation is 1. The molecule has 2 aromatic carbocycles. The van der Waals surface area contributed by atoms with Crippen LogP contribution in [0.15, 0.2) is 42.5 Å². The van der Waals surface area contributed by atoms with Gasteiger partial charge in [0.2, 0.25) is 0 Å². The molecule has 0 heterocycles. The third kappa shape index (κ3) is 1.53. The zero-order chi connectivity index (χ0) is 9.97. The van der Waals surface area contributed by atoms with E-state index in [1.54, 1.807) is 12.1 Å². The molecule has 0 amide bonds. The third-order valence-corrected chi connectivity index (χ3v) is 2.23. The van der Waals surface area contributed by atoms with Gasteiger partial charge in [0, 0.05) is 5.56 Å². The zero-order valence-electron chi connectivity index (χ0n) is 7.92. The minimum absolute atomic E-state index is 0.185. The average Bonchev–Trinajstić information content (AvgIpc) is 2.20. The van der Waals surface area contributed by atoms with E-state index in [1.807, 2.05) is 31.2 Å². The summed E-state index contributed by atoms with van der Waals surface area (Å²) in [4.78, 5) is 0. The maximum absolute atomic E-state index is 13.4. The van der Waals surface area contributed by atoms with Crippen molar-refractivity contribution in [2.75, 3.05) is 0 Å². The summed E-state index contributed by atoms with van der Waals surface area (Å²) in [7, 11) is 0. The first kappa shape index (κ1) is 8.95. The second kappa shape index (κ2) is 3.62. The fraction of sp³-hybridized carbons (Fsp3) is 0.0769. The summed E-state index contributed by atoms with van der Waals surface area (Å²) in [6.07, 6.45) is 0. The Kier molecular flexibility index (Phi) is 2.32. The van der Waals surface area contributed by atoms with Crippen molar-refractivity contribution in [3.05, 3.63) is 59.9 Å². The second-order valence-corrected chi connectivity index (χ2v) is 3.19. The van der Waals surface area contributed by atoms with Gasteiger partial charge in [0.25, 0.3) is 0 Å². The van der Waals surface area contributed by atoms with Crippen LogP contribution < -0.4 is 0 Å². The van der Waals surface area contributed by atoms with Gasteiger partial charge in [-0.25, -0.2) is 4.39 Å². The van der Waals surface area contributed by atoms with Crippen LogP contribution >= 0.6 is 0 Å². The molecular formula is C13H10F.